The molecule has 0 N–H and O–H groups in total. The second-order valence-corrected chi connectivity index (χ2v) is 5.91. The fourth-order valence-electron chi connectivity index (χ4n) is 1.96. The molecule has 0 aliphatic carbocycles. The Morgan fingerprint density at radius 1 is 1.25 bits per heavy atom. The third-order valence-corrected chi connectivity index (χ3v) is 3.19. The van der Waals surface area contributed by atoms with Crippen molar-refractivity contribution in [3.05, 3.63) is 0 Å². The van der Waals surface area contributed by atoms with E-state index in [1.807, 2.05) is 7.05 Å². The summed E-state index contributed by atoms with van der Waals surface area (Å²) < 4.78 is 5.89. The van der Waals surface area contributed by atoms with Gasteiger partial charge in [-0.1, -0.05) is 13.8 Å². The van der Waals surface area contributed by atoms with E-state index in [0.717, 1.165) is 25.0 Å². The molecule has 16 heavy (non-hydrogen) atoms. The molecular weight excluding hydrogens is 200 g/mol. The lowest BCUT2D eigenvalue weighted by Gasteiger charge is -2.38. The molecule has 0 aromatic carbocycles. The van der Waals surface area contributed by atoms with Crippen LogP contribution in [-0.4, -0.2) is 36.7 Å². The number of aliphatic imine (C=N–C) groups is 1. The Labute approximate surface area is 99.9 Å². The fraction of sp³-hybridized carbons (Fsp3) is 0.923. The minimum atomic E-state index is -0.166. The normalized spacial score (nSPS) is 28.1. The highest BCUT2D eigenvalue weighted by Crippen LogP contribution is 2.23. The molecule has 0 radical (unpaired) electrons. The van der Waals surface area contributed by atoms with Gasteiger partial charge < -0.3 is 9.64 Å². The molecule has 2 unspecified atom stereocenters. The van der Waals surface area contributed by atoms with E-state index >= 15 is 0 Å². The van der Waals surface area contributed by atoms with Crippen molar-refractivity contribution >= 4 is 6.02 Å². The maximum absolute atomic E-state index is 5.89. The molecule has 0 aromatic heterocycles. The van der Waals surface area contributed by atoms with Crippen LogP contribution in [0.2, 0.25) is 0 Å². The van der Waals surface area contributed by atoms with Gasteiger partial charge in [0.25, 0.3) is 6.02 Å². The first-order valence-corrected chi connectivity index (χ1v) is 6.24. The van der Waals surface area contributed by atoms with Gasteiger partial charge >= 0.3 is 0 Å². The highest BCUT2D eigenvalue weighted by atomic mass is 16.5. The van der Waals surface area contributed by atoms with E-state index in [1.165, 1.54) is 6.42 Å². The molecule has 1 heterocycles. The number of likely N-dealkylation sites (tertiary alicyclic amines) is 1. The first-order valence-electron chi connectivity index (χ1n) is 6.24. The van der Waals surface area contributed by atoms with E-state index in [9.17, 15) is 0 Å². The second kappa shape index (κ2) is 5.07. The standard InChI is InChI=1S/C13H26N2O/c1-10-7-8-15(9-11(10)2)12(14-6)16-13(3,4)5/h10-11H,7-9H2,1-6H3/b14-12+. The molecule has 2 atom stereocenters. The summed E-state index contributed by atoms with van der Waals surface area (Å²) in [6.45, 7) is 12.9. The summed E-state index contributed by atoms with van der Waals surface area (Å²) in [4.78, 5) is 6.55. The number of nitrogens with zero attached hydrogens (tertiary/aromatic N) is 2. The van der Waals surface area contributed by atoms with Gasteiger partial charge in [0.1, 0.15) is 5.60 Å². The molecule has 0 amide bonds. The van der Waals surface area contributed by atoms with Crippen LogP contribution in [0.5, 0.6) is 0 Å². The topological polar surface area (TPSA) is 24.8 Å². The molecule has 1 fully saturated rings. The molecule has 1 aliphatic rings. The van der Waals surface area contributed by atoms with Crippen molar-refractivity contribution in [2.75, 3.05) is 20.1 Å². The predicted molar refractivity (Wildman–Crippen MR) is 68.7 cm³/mol. The molecule has 3 heteroatoms. The Balaban J connectivity index is 2.62. The smallest absolute Gasteiger partial charge is 0.287 e. The number of amidine groups is 1. The largest absolute Gasteiger partial charge is 0.459 e. The van der Waals surface area contributed by atoms with Crippen LogP contribution in [-0.2, 0) is 4.74 Å². The van der Waals surface area contributed by atoms with E-state index in [2.05, 4.69) is 44.5 Å². The minimum absolute atomic E-state index is 0.166. The van der Waals surface area contributed by atoms with Gasteiger partial charge in [-0.3, -0.25) is 0 Å². The van der Waals surface area contributed by atoms with E-state index < -0.39 is 0 Å². The first-order chi connectivity index (χ1) is 7.33. The Bertz CT molecular complexity index is 255. The van der Waals surface area contributed by atoms with Crippen molar-refractivity contribution in [2.24, 2.45) is 16.8 Å². The molecule has 0 bridgehead atoms. The maximum Gasteiger partial charge on any atom is 0.287 e. The van der Waals surface area contributed by atoms with Gasteiger partial charge in [-0.05, 0) is 39.0 Å². The highest BCUT2D eigenvalue weighted by Gasteiger charge is 2.27. The van der Waals surface area contributed by atoms with Crippen LogP contribution in [0.15, 0.2) is 4.99 Å². The average Bonchev–Trinajstić information content (AvgIpc) is 2.17. The Morgan fingerprint density at radius 2 is 1.88 bits per heavy atom. The van der Waals surface area contributed by atoms with Crippen molar-refractivity contribution in [3.63, 3.8) is 0 Å². The number of ether oxygens (including phenoxy) is 1. The molecule has 0 spiro atoms. The van der Waals surface area contributed by atoms with Gasteiger partial charge in [-0.15, -0.1) is 0 Å². The zero-order chi connectivity index (χ0) is 12.3. The van der Waals surface area contributed by atoms with Gasteiger partial charge in [0.05, 0.1) is 0 Å². The molecule has 0 aromatic rings. The van der Waals surface area contributed by atoms with E-state index in [0.29, 0.717) is 5.92 Å². The summed E-state index contributed by atoms with van der Waals surface area (Å²) in [7, 11) is 1.81. The molecule has 0 saturated carbocycles. The number of piperidine rings is 1. The van der Waals surface area contributed by atoms with Crippen molar-refractivity contribution in [2.45, 2.75) is 46.6 Å². The molecule has 1 aliphatic heterocycles. The number of hydrogen-bond donors (Lipinski definition) is 0. The summed E-state index contributed by atoms with van der Waals surface area (Å²) in [6, 6.07) is 0.797. The summed E-state index contributed by atoms with van der Waals surface area (Å²) in [5, 5.41) is 0. The summed E-state index contributed by atoms with van der Waals surface area (Å²) in [5.74, 6) is 1.53. The van der Waals surface area contributed by atoms with Gasteiger partial charge in [0, 0.05) is 20.1 Å². The Hall–Kier alpha value is -0.730. The van der Waals surface area contributed by atoms with Crippen LogP contribution in [0.3, 0.4) is 0 Å². The monoisotopic (exact) mass is 226 g/mol. The van der Waals surface area contributed by atoms with Crippen LogP contribution >= 0.6 is 0 Å². The van der Waals surface area contributed by atoms with Crippen molar-refractivity contribution in [1.29, 1.82) is 0 Å². The highest BCUT2D eigenvalue weighted by molar-refractivity contribution is 5.74. The zero-order valence-corrected chi connectivity index (χ0v) is 11.6. The molecule has 3 nitrogen and oxygen atoms in total. The fourth-order valence-corrected chi connectivity index (χ4v) is 1.96. The number of rotatable bonds is 0. The van der Waals surface area contributed by atoms with Crippen LogP contribution < -0.4 is 0 Å². The molecule has 94 valence electrons. The number of hydrogen-bond acceptors (Lipinski definition) is 2. The second-order valence-electron chi connectivity index (χ2n) is 5.91. The van der Waals surface area contributed by atoms with Crippen LogP contribution in [0.25, 0.3) is 0 Å². The summed E-state index contributed by atoms with van der Waals surface area (Å²) >= 11 is 0. The van der Waals surface area contributed by atoms with Crippen molar-refractivity contribution in [1.82, 2.24) is 4.90 Å². The van der Waals surface area contributed by atoms with Gasteiger partial charge in [0.15, 0.2) is 0 Å². The maximum atomic E-state index is 5.89. The Kier molecular flexibility index (Phi) is 4.22. The van der Waals surface area contributed by atoms with E-state index in [4.69, 9.17) is 4.74 Å². The molecule has 1 saturated heterocycles. The van der Waals surface area contributed by atoms with Crippen LogP contribution in [0, 0.1) is 11.8 Å². The molecular formula is C13H26N2O. The van der Waals surface area contributed by atoms with E-state index in [1.54, 1.807) is 0 Å². The van der Waals surface area contributed by atoms with Crippen molar-refractivity contribution in [3.8, 4) is 0 Å². The summed E-state index contributed by atoms with van der Waals surface area (Å²) in [5.41, 5.74) is -0.166. The minimum Gasteiger partial charge on any atom is -0.459 e. The average molecular weight is 226 g/mol. The van der Waals surface area contributed by atoms with Gasteiger partial charge in [-0.2, -0.15) is 0 Å². The lowest BCUT2D eigenvalue weighted by molar-refractivity contribution is 0.0711. The van der Waals surface area contributed by atoms with Crippen LogP contribution in [0.1, 0.15) is 41.0 Å². The van der Waals surface area contributed by atoms with E-state index in [-0.39, 0.29) is 5.60 Å². The van der Waals surface area contributed by atoms with Crippen molar-refractivity contribution < 1.29 is 4.74 Å². The van der Waals surface area contributed by atoms with Gasteiger partial charge in [-0.25, -0.2) is 4.99 Å². The summed E-state index contributed by atoms with van der Waals surface area (Å²) in [6.07, 6.45) is 1.23. The first kappa shape index (κ1) is 13.3. The predicted octanol–water partition coefficient (Wildman–Crippen LogP) is 2.77. The lowest BCUT2D eigenvalue weighted by Crippen LogP contribution is -2.45. The third kappa shape index (κ3) is 3.69. The SMILES string of the molecule is C/N=C(/OC(C)(C)C)N1CCC(C)C(C)C1. The van der Waals surface area contributed by atoms with Crippen LogP contribution in [0.4, 0.5) is 0 Å². The lowest BCUT2D eigenvalue weighted by atomic mass is 9.89. The Morgan fingerprint density at radius 3 is 2.31 bits per heavy atom. The molecule has 1 rings (SSSR count). The zero-order valence-electron chi connectivity index (χ0n) is 11.6. The third-order valence-electron chi connectivity index (χ3n) is 3.19. The quantitative estimate of drug-likeness (QED) is 0.468. The van der Waals surface area contributed by atoms with Gasteiger partial charge in [0.2, 0.25) is 0 Å².